The molecule has 0 aromatic carbocycles. The third-order valence-corrected chi connectivity index (χ3v) is 3.88. The van der Waals surface area contributed by atoms with Crippen LogP contribution in [-0.2, 0) is 4.74 Å². The molecule has 1 fully saturated rings. The van der Waals surface area contributed by atoms with Crippen molar-refractivity contribution < 1.29 is 4.74 Å². The van der Waals surface area contributed by atoms with Crippen LogP contribution in [0.3, 0.4) is 0 Å². The second kappa shape index (κ2) is 8.06. The van der Waals surface area contributed by atoms with Gasteiger partial charge in [-0.3, -0.25) is 4.90 Å². The molecule has 0 radical (unpaired) electrons. The van der Waals surface area contributed by atoms with Gasteiger partial charge in [0.25, 0.3) is 0 Å². The summed E-state index contributed by atoms with van der Waals surface area (Å²) in [5, 5.41) is 3.67. The minimum atomic E-state index is 0.440. The van der Waals surface area contributed by atoms with Crippen LogP contribution in [0.15, 0.2) is 0 Å². The average molecular weight is 242 g/mol. The molecule has 3 atom stereocenters. The standard InChI is InChI=1S/C14H30N2O/c1-5-8-15-14(7-3)12(4)16-9-10-17-13(6-2)11-16/h12-15H,5-11H2,1-4H3. The zero-order chi connectivity index (χ0) is 12.7. The fourth-order valence-corrected chi connectivity index (χ4v) is 2.60. The number of hydrogen-bond acceptors (Lipinski definition) is 3. The molecule has 0 aliphatic carbocycles. The van der Waals surface area contributed by atoms with E-state index in [2.05, 4.69) is 37.9 Å². The number of rotatable bonds is 7. The summed E-state index contributed by atoms with van der Waals surface area (Å²) in [4.78, 5) is 2.59. The Morgan fingerprint density at radius 2 is 2.12 bits per heavy atom. The zero-order valence-electron chi connectivity index (χ0n) is 12.0. The lowest BCUT2D eigenvalue weighted by Crippen LogP contribution is -2.54. The van der Waals surface area contributed by atoms with Crippen LogP contribution in [0, 0.1) is 0 Å². The molecule has 0 amide bonds. The van der Waals surface area contributed by atoms with Gasteiger partial charge in [0, 0.05) is 25.2 Å². The highest BCUT2D eigenvalue weighted by Gasteiger charge is 2.26. The van der Waals surface area contributed by atoms with E-state index in [1.165, 1.54) is 12.8 Å². The van der Waals surface area contributed by atoms with Gasteiger partial charge in [-0.1, -0.05) is 20.8 Å². The third-order valence-electron chi connectivity index (χ3n) is 3.88. The smallest absolute Gasteiger partial charge is 0.0700 e. The predicted molar refractivity (Wildman–Crippen MR) is 73.4 cm³/mol. The van der Waals surface area contributed by atoms with Crippen LogP contribution in [0.4, 0.5) is 0 Å². The number of nitrogens with one attached hydrogen (secondary N) is 1. The van der Waals surface area contributed by atoms with E-state index in [-0.39, 0.29) is 0 Å². The maximum Gasteiger partial charge on any atom is 0.0700 e. The molecule has 1 aliphatic heterocycles. The molecule has 0 saturated carbocycles. The summed E-state index contributed by atoms with van der Waals surface area (Å²) in [7, 11) is 0. The Morgan fingerprint density at radius 3 is 2.71 bits per heavy atom. The quantitative estimate of drug-likeness (QED) is 0.741. The molecular weight excluding hydrogens is 212 g/mol. The Bertz CT molecular complexity index is 199. The third kappa shape index (κ3) is 4.57. The number of hydrogen-bond donors (Lipinski definition) is 1. The molecule has 3 nitrogen and oxygen atoms in total. The summed E-state index contributed by atoms with van der Waals surface area (Å²) in [6.45, 7) is 13.3. The van der Waals surface area contributed by atoms with Gasteiger partial charge in [0.15, 0.2) is 0 Å². The van der Waals surface area contributed by atoms with Gasteiger partial charge in [0.2, 0.25) is 0 Å². The van der Waals surface area contributed by atoms with Gasteiger partial charge in [-0.25, -0.2) is 0 Å². The molecule has 0 bridgehead atoms. The molecular formula is C14H30N2O. The number of nitrogens with zero attached hydrogens (tertiary/aromatic N) is 1. The topological polar surface area (TPSA) is 24.5 Å². The van der Waals surface area contributed by atoms with E-state index >= 15 is 0 Å². The molecule has 3 unspecified atom stereocenters. The lowest BCUT2D eigenvalue weighted by Gasteiger charge is -2.40. The van der Waals surface area contributed by atoms with Gasteiger partial charge in [0.1, 0.15) is 0 Å². The van der Waals surface area contributed by atoms with Gasteiger partial charge >= 0.3 is 0 Å². The fourth-order valence-electron chi connectivity index (χ4n) is 2.60. The maximum atomic E-state index is 5.74. The number of morpholine rings is 1. The van der Waals surface area contributed by atoms with Gasteiger partial charge in [-0.15, -0.1) is 0 Å². The van der Waals surface area contributed by atoms with Crippen molar-refractivity contribution >= 4 is 0 Å². The van der Waals surface area contributed by atoms with E-state index < -0.39 is 0 Å². The zero-order valence-corrected chi connectivity index (χ0v) is 12.0. The maximum absolute atomic E-state index is 5.74. The first-order chi connectivity index (χ1) is 8.22. The van der Waals surface area contributed by atoms with E-state index in [9.17, 15) is 0 Å². The van der Waals surface area contributed by atoms with Crippen molar-refractivity contribution in [2.75, 3.05) is 26.2 Å². The minimum absolute atomic E-state index is 0.440. The Morgan fingerprint density at radius 1 is 1.35 bits per heavy atom. The van der Waals surface area contributed by atoms with Gasteiger partial charge in [-0.05, 0) is 32.7 Å². The minimum Gasteiger partial charge on any atom is -0.376 e. The molecule has 1 rings (SSSR count). The summed E-state index contributed by atoms with van der Waals surface area (Å²) >= 11 is 0. The van der Waals surface area contributed by atoms with Crippen LogP contribution in [0.5, 0.6) is 0 Å². The van der Waals surface area contributed by atoms with Crippen molar-refractivity contribution in [2.24, 2.45) is 0 Å². The molecule has 1 aliphatic rings. The summed E-state index contributed by atoms with van der Waals surface area (Å²) in [5.41, 5.74) is 0. The van der Waals surface area contributed by atoms with E-state index in [1.807, 2.05) is 0 Å². The molecule has 0 aromatic heterocycles. The first-order valence-electron chi connectivity index (χ1n) is 7.31. The van der Waals surface area contributed by atoms with Crippen molar-refractivity contribution in [2.45, 2.75) is 65.1 Å². The van der Waals surface area contributed by atoms with Crippen LogP contribution < -0.4 is 5.32 Å². The van der Waals surface area contributed by atoms with Crippen molar-refractivity contribution in [1.82, 2.24) is 10.2 Å². The van der Waals surface area contributed by atoms with Crippen molar-refractivity contribution in [1.29, 1.82) is 0 Å². The SMILES string of the molecule is CCCNC(CC)C(C)N1CCOC(CC)C1. The summed E-state index contributed by atoms with van der Waals surface area (Å²) in [6.07, 6.45) is 3.98. The Kier molecular flexibility index (Phi) is 7.09. The van der Waals surface area contributed by atoms with Gasteiger partial charge in [0.05, 0.1) is 12.7 Å². The molecule has 17 heavy (non-hydrogen) atoms. The van der Waals surface area contributed by atoms with Gasteiger partial charge < -0.3 is 10.1 Å². The van der Waals surface area contributed by atoms with Crippen LogP contribution in [0.25, 0.3) is 0 Å². The van der Waals surface area contributed by atoms with Crippen LogP contribution in [0.2, 0.25) is 0 Å². The second-order valence-corrected chi connectivity index (χ2v) is 5.11. The van der Waals surface area contributed by atoms with E-state index in [1.54, 1.807) is 0 Å². The monoisotopic (exact) mass is 242 g/mol. The normalized spacial score (nSPS) is 25.8. The van der Waals surface area contributed by atoms with E-state index in [0.717, 1.165) is 32.7 Å². The van der Waals surface area contributed by atoms with Crippen molar-refractivity contribution in [3.63, 3.8) is 0 Å². The highest BCUT2D eigenvalue weighted by atomic mass is 16.5. The Labute approximate surface area is 107 Å². The average Bonchev–Trinajstić information content (AvgIpc) is 2.39. The lowest BCUT2D eigenvalue weighted by atomic mass is 10.0. The summed E-state index contributed by atoms with van der Waals surface area (Å²) < 4.78 is 5.74. The number of ether oxygens (including phenoxy) is 1. The summed E-state index contributed by atoms with van der Waals surface area (Å²) in [5.74, 6) is 0. The molecule has 0 spiro atoms. The Balaban J connectivity index is 2.45. The molecule has 1 saturated heterocycles. The highest BCUT2D eigenvalue weighted by Crippen LogP contribution is 2.14. The van der Waals surface area contributed by atoms with Crippen LogP contribution >= 0.6 is 0 Å². The van der Waals surface area contributed by atoms with Crippen molar-refractivity contribution in [3.05, 3.63) is 0 Å². The first-order valence-corrected chi connectivity index (χ1v) is 7.31. The second-order valence-electron chi connectivity index (χ2n) is 5.11. The van der Waals surface area contributed by atoms with Crippen LogP contribution in [0.1, 0.15) is 47.0 Å². The largest absolute Gasteiger partial charge is 0.376 e. The van der Waals surface area contributed by atoms with Gasteiger partial charge in [-0.2, -0.15) is 0 Å². The molecule has 3 heteroatoms. The molecule has 1 N–H and O–H groups in total. The predicted octanol–water partition coefficient (Wildman–Crippen LogP) is 2.26. The van der Waals surface area contributed by atoms with E-state index in [4.69, 9.17) is 4.74 Å². The highest BCUT2D eigenvalue weighted by molar-refractivity contribution is 4.83. The van der Waals surface area contributed by atoms with Crippen molar-refractivity contribution in [3.8, 4) is 0 Å². The lowest BCUT2D eigenvalue weighted by molar-refractivity contribution is -0.0468. The molecule has 102 valence electrons. The molecule has 1 heterocycles. The Hall–Kier alpha value is -0.120. The first kappa shape index (κ1) is 14.9. The van der Waals surface area contributed by atoms with E-state index in [0.29, 0.717) is 18.2 Å². The molecule has 0 aromatic rings. The fraction of sp³-hybridized carbons (Fsp3) is 1.00. The summed E-state index contributed by atoms with van der Waals surface area (Å²) in [6, 6.07) is 1.23. The van der Waals surface area contributed by atoms with Crippen LogP contribution in [-0.4, -0.2) is 49.3 Å².